The summed E-state index contributed by atoms with van der Waals surface area (Å²) < 4.78 is 0. The fourth-order valence-electron chi connectivity index (χ4n) is 1.40. The first kappa shape index (κ1) is 10.5. The van der Waals surface area contributed by atoms with Crippen LogP contribution in [-0.2, 0) is 0 Å². The molecule has 0 saturated heterocycles. The van der Waals surface area contributed by atoms with Gasteiger partial charge in [-0.25, -0.2) is 0 Å². The molecule has 1 heterocycles. The number of nitrogens with one attached hydrogen (secondary N) is 1. The average molecular weight is 238 g/mol. The Bertz CT molecular complexity index is 551. The summed E-state index contributed by atoms with van der Waals surface area (Å²) in [5, 5.41) is 16.4. The molecule has 0 bridgehead atoms. The molecule has 0 aliphatic carbocycles. The molecule has 82 valence electrons. The van der Waals surface area contributed by atoms with Gasteiger partial charge >= 0.3 is 0 Å². The van der Waals surface area contributed by atoms with Crippen LogP contribution in [0.15, 0.2) is 18.2 Å². The third-order valence-corrected chi connectivity index (χ3v) is 2.41. The molecule has 2 rings (SSSR count). The van der Waals surface area contributed by atoms with E-state index in [1.54, 1.807) is 6.07 Å². The van der Waals surface area contributed by atoms with Crippen molar-refractivity contribution in [1.29, 1.82) is 0 Å². The highest BCUT2D eigenvalue weighted by molar-refractivity contribution is 6.31. The van der Waals surface area contributed by atoms with Crippen molar-refractivity contribution in [3.63, 3.8) is 0 Å². The van der Waals surface area contributed by atoms with Crippen LogP contribution >= 0.6 is 11.6 Å². The molecule has 6 heteroatoms. The van der Waals surface area contributed by atoms with Crippen LogP contribution < -0.4 is 5.73 Å². The number of nitrogens with zero attached hydrogens (tertiary/aromatic N) is 1. The quantitative estimate of drug-likeness (QED) is 0.695. The molecule has 0 unspecified atom stereocenters. The molecule has 0 aliphatic rings. The second-order valence-electron chi connectivity index (χ2n) is 3.18. The summed E-state index contributed by atoms with van der Waals surface area (Å²) in [6, 6.07) is 4.50. The first-order valence-corrected chi connectivity index (χ1v) is 4.79. The Morgan fingerprint density at radius 1 is 1.50 bits per heavy atom. The predicted molar refractivity (Wildman–Crippen MR) is 60.5 cm³/mol. The van der Waals surface area contributed by atoms with E-state index in [9.17, 15) is 9.90 Å². The van der Waals surface area contributed by atoms with E-state index in [2.05, 4.69) is 10.2 Å². The first-order chi connectivity index (χ1) is 7.63. The molecule has 16 heavy (non-hydrogen) atoms. The standard InChI is InChI=1S/C10H8ClN3O2/c11-5-1-2-8(16)6(3-5)9-7(4-15)10(12)14-13-9/h1-4,16H,(H3,12,13,14). The summed E-state index contributed by atoms with van der Waals surface area (Å²) in [6.45, 7) is 0. The van der Waals surface area contributed by atoms with Crippen LogP contribution in [0.5, 0.6) is 5.75 Å². The number of phenols is 1. The maximum Gasteiger partial charge on any atom is 0.156 e. The molecule has 1 aromatic carbocycles. The molecule has 1 aromatic heterocycles. The molecule has 0 amide bonds. The van der Waals surface area contributed by atoms with Crippen LogP contribution in [0, 0.1) is 0 Å². The Labute approximate surface area is 95.8 Å². The maximum absolute atomic E-state index is 10.8. The van der Waals surface area contributed by atoms with E-state index >= 15 is 0 Å². The maximum atomic E-state index is 10.8. The monoisotopic (exact) mass is 237 g/mol. The lowest BCUT2D eigenvalue weighted by Crippen LogP contribution is -1.91. The molecular formula is C10H8ClN3O2. The second-order valence-corrected chi connectivity index (χ2v) is 3.61. The van der Waals surface area contributed by atoms with Crippen molar-refractivity contribution < 1.29 is 9.90 Å². The van der Waals surface area contributed by atoms with Crippen LogP contribution in [0.1, 0.15) is 10.4 Å². The number of hydrogen-bond donors (Lipinski definition) is 3. The largest absolute Gasteiger partial charge is 0.507 e. The van der Waals surface area contributed by atoms with Gasteiger partial charge < -0.3 is 10.8 Å². The lowest BCUT2D eigenvalue weighted by Gasteiger charge is -2.03. The minimum Gasteiger partial charge on any atom is -0.507 e. The molecule has 4 N–H and O–H groups in total. The number of benzene rings is 1. The van der Waals surface area contributed by atoms with Gasteiger partial charge in [-0.05, 0) is 18.2 Å². The Hall–Kier alpha value is -2.01. The summed E-state index contributed by atoms with van der Waals surface area (Å²) in [4.78, 5) is 10.8. The van der Waals surface area contributed by atoms with E-state index in [1.165, 1.54) is 12.1 Å². The molecule has 0 atom stereocenters. The third kappa shape index (κ3) is 1.61. The van der Waals surface area contributed by atoms with Gasteiger partial charge in [0.15, 0.2) is 12.1 Å². The normalized spacial score (nSPS) is 10.3. The van der Waals surface area contributed by atoms with E-state index in [0.29, 0.717) is 22.6 Å². The summed E-state index contributed by atoms with van der Waals surface area (Å²) in [6.07, 6.45) is 0.578. The van der Waals surface area contributed by atoms with E-state index < -0.39 is 0 Å². The number of aromatic amines is 1. The van der Waals surface area contributed by atoms with Crippen LogP contribution in [0.25, 0.3) is 11.3 Å². The third-order valence-electron chi connectivity index (χ3n) is 2.18. The molecular weight excluding hydrogens is 230 g/mol. The van der Waals surface area contributed by atoms with Crippen LogP contribution in [0.2, 0.25) is 5.02 Å². The Kier molecular flexibility index (Phi) is 2.54. The average Bonchev–Trinajstić information content (AvgIpc) is 2.63. The number of phenolic OH excluding ortho intramolecular Hbond substituents is 1. The van der Waals surface area contributed by atoms with Crippen molar-refractivity contribution in [2.75, 3.05) is 5.73 Å². The van der Waals surface area contributed by atoms with E-state index in [0.717, 1.165) is 0 Å². The Morgan fingerprint density at radius 2 is 2.25 bits per heavy atom. The van der Waals surface area contributed by atoms with Crippen molar-refractivity contribution in [2.45, 2.75) is 0 Å². The van der Waals surface area contributed by atoms with Crippen LogP contribution in [0.3, 0.4) is 0 Å². The zero-order chi connectivity index (χ0) is 11.7. The van der Waals surface area contributed by atoms with Gasteiger partial charge in [-0.1, -0.05) is 11.6 Å². The molecule has 0 aliphatic heterocycles. The van der Waals surface area contributed by atoms with Gasteiger partial charge in [0, 0.05) is 10.6 Å². The number of H-pyrrole nitrogens is 1. The van der Waals surface area contributed by atoms with Gasteiger partial charge in [-0.15, -0.1) is 0 Å². The zero-order valence-electron chi connectivity index (χ0n) is 8.07. The molecule has 2 aromatic rings. The summed E-state index contributed by atoms with van der Waals surface area (Å²) >= 11 is 5.80. The minimum atomic E-state index is -0.00356. The number of rotatable bonds is 2. The summed E-state index contributed by atoms with van der Waals surface area (Å²) in [5.74, 6) is 0.0838. The number of carbonyl (C=O) groups excluding carboxylic acids is 1. The van der Waals surface area contributed by atoms with E-state index in [4.69, 9.17) is 17.3 Å². The number of aromatic hydroxyl groups is 1. The second kappa shape index (κ2) is 3.86. The Balaban J connectivity index is 2.66. The van der Waals surface area contributed by atoms with Crippen molar-refractivity contribution in [2.24, 2.45) is 0 Å². The Morgan fingerprint density at radius 3 is 2.94 bits per heavy atom. The molecule has 0 radical (unpaired) electrons. The lowest BCUT2D eigenvalue weighted by atomic mass is 10.1. The minimum absolute atomic E-state index is 0.00356. The smallest absolute Gasteiger partial charge is 0.156 e. The lowest BCUT2D eigenvalue weighted by molar-refractivity contribution is 0.112. The number of anilines is 1. The number of aromatic nitrogens is 2. The van der Waals surface area contributed by atoms with Crippen molar-refractivity contribution in [3.8, 4) is 17.0 Å². The highest BCUT2D eigenvalue weighted by atomic mass is 35.5. The van der Waals surface area contributed by atoms with Gasteiger partial charge in [0.2, 0.25) is 0 Å². The molecule has 5 nitrogen and oxygen atoms in total. The van der Waals surface area contributed by atoms with Gasteiger partial charge in [0.05, 0.1) is 11.3 Å². The fourth-order valence-corrected chi connectivity index (χ4v) is 1.57. The SMILES string of the molecule is Nc1n[nH]c(-c2cc(Cl)ccc2O)c1C=O. The summed E-state index contributed by atoms with van der Waals surface area (Å²) in [5.41, 5.74) is 6.44. The predicted octanol–water partition coefficient (Wildman–Crippen LogP) is 1.83. The van der Waals surface area contributed by atoms with E-state index in [-0.39, 0.29) is 17.1 Å². The number of nitrogens with two attached hydrogens (primary N) is 1. The van der Waals surface area contributed by atoms with Gasteiger partial charge in [0.1, 0.15) is 5.75 Å². The molecule has 0 spiro atoms. The number of halogens is 1. The highest BCUT2D eigenvalue weighted by Crippen LogP contribution is 2.33. The van der Waals surface area contributed by atoms with E-state index in [1.807, 2.05) is 0 Å². The topological polar surface area (TPSA) is 92.0 Å². The summed E-state index contributed by atoms with van der Waals surface area (Å²) in [7, 11) is 0. The number of aldehydes is 1. The van der Waals surface area contributed by atoms with Crippen molar-refractivity contribution in [1.82, 2.24) is 10.2 Å². The van der Waals surface area contributed by atoms with Crippen LogP contribution in [0.4, 0.5) is 5.82 Å². The number of hydrogen-bond acceptors (Lipinski definition) is 4. The van der Waals surface area contributed by atoms with Gasteiger partial charge in [-0.2, -0.15) is 5.10 Å². The van der Waals surface area contributed by atoms with Gasteiger partial charge in [-0.3, -0.25) is 9.89 Å². The fraction of sp³-hybridized carbons (Fsp3) is 0. The first-order valence-electron chi connectivity index (χ1n) is 4.41. The zero-order valence-corrected chi connectivity index (χ0v) is 8.82. The van der Waals surface area contributed by atoms with Gasteiger partial charge in [0.25, 0.3) is 0 Å². The molecule has 0 fully saturated rings. The molecule has 0 saturated carbocycles. The van der Waals surface area contributed by atoms with Crippen molar-refractivity contribution in [3.05, 3.63) is 28.8 Å². The van der Waals surface area contributed by atoms with Crippen molar-refractivity contribution >= 4 is 23.7 Å². The number of nitrogen functional groups attached to an aromatic ring is 1. The number of carbonyl (C=O) groups is 1. The van der Waals surface area contributed by atoms with Crippen LogP contribution in [-0.4, -0.2) is 21.6 Å². The highest BCUT2D eigenvalue weighted by Gasteiger charge is 2.15.